The van der Waals surface area contributed by atoms with Gasteiger partial charge in [-0.25, -0.2) is 23.5 Å². The van der Waals surface area contributed by atoms with Crippen molar-refractivity contribution in [2.45, 2.75) is 77.3 Å². The first-order chi connectivity index (χ1) is 28.1. The van der Waals surface area contributed by atoms with E-state index in [1.165, 1.54) is 12.1 Å². The largest absolute Gasteiger partial charge is 0.481 e. The van der Waals surface area contributed by atoms with E-state index >= 15 is 0 Å². The normalized spacial score (nSPS) is 11.1. The van der Waals surface area contributed by atoms with E-state index in [-0.39, 0.29) is 25.7 Å². The van der Waals surface area contributed by atoms with Gasteiger partial charge in [-0.05, 0) is 66.5 Å². The fourth-order valence-electron chi connectivity index (χ4n) is 6.92. The molecule has 11 heteroatoms. The molecule has 0 bridgehead atoms. The first kappa shape index (κ1) is 41.0. The quantitative estimate of drug-likeness (QED) is 0.0515. The Hall–Kier alpha value is -6.62. The van der Waals surface area contributed by atoms with Gasteiger partial charge in [0.1, 0.15) is 18.9 Å². The lowest BCUT2D eigenvalue weighted by atomic mass is 9.94. The molecular formula is C47H47FN4O6+2. The standard InChI is InChI=1S/C47H45FN4O6/c48-40-9-7-8-39(32-40)47-49-45(37-16-12-33(13-17-37)35-22-28-51(29-23-35)26-5-1-3-10-42(53)54)41(20-21-44(57)58)46(50-47)38-18-14-34(15-19-38)36-24-30-52(31-25-36)27-6-2-4-11-43(55)56/h7-9,12-19,22-25,28-32H,1-6,10-11,20-21,26-27H2,(H-2,53,54,55,56,57,58)/p+2. The number of nitrogens with zero attached hydrogens (tertiary/aromatic N) is 4. The fraction of sp³-hybridized carbons (Fsp3) is 0.255. The minimum Gasteiger partial charge on any atom is -0.481 e. The monoisotopic (exact) mass is 782 g/mol. The molecule has 0 amide bonds. The van der Waals surface area contributed by atoms with Crippen molar-refractivity contribution in [3.63, 3.8) is 0 Å². The summed E-state index contributed by atoms with van der Waals surface area (Å²) in [6.07, 6.45) is 13.3. The number of carboxylic acids is 3. The minimum atomic E-state index is -0.944. The fourth-order valence-corrected chi connectivity index (χ4v) is 6.92. The van der Waals surface area contributed by atoms with Gasteiger partial charge in [-0.2, -0.15) is 0 Å². The number of pyridine rings is 2. The van der Waals surface area contributed by atoms with Crippen LogP contribution in [-0.2, 0) is 33.9 Å². The van der Waals surface area contributed by atoms with Crippen LogP contribution in [0.4, 0.5) is 4.39 Å². The molecule has 0 aliphatic heterocycles. The van der Waals surface area contributed by atoms with Crippen LogP contribution in [-0.4, -0.2) is 43.2 Å². The van der Waals surface area contributed by atoms with Crippen LogP contribution in [0.5, 0.6) is 0 Å². The molecule has 3 heterocycles. The first-order valence-corrected chi connectivity index (χ1v) is 19.6. The molecule has 0 spiro atoms. The lowest BCUT2D eigenvalue weighted by Gasteiger charge is -2.17. The van der Waals surface area contributed by atoms with E-state index in [1.807, 2.05) is 97.6 Å². The van der Waals surface area contributed by atoms with Crippen molar-refractivity contribution in [1.29, 1.82) is 0 Å². The number of aromatic nitrogens is 4. The Kier molecular flexibility index (Phi) is 14.1. The number of unbranched alkanes of at least 4 members (excludes halogenated alkanes) is 4. The predicted molar refractivity (Wildman–Crippen MR) is 218 cm³/mol. The second-order valence-electron chi connectivity index (χ2n) is 14.3. The van der Waals surface area contributed by atoms with Gasteiger partial charge in [-0.15, -0.1) is 0 Å². The Bertz CT molecular complexity index is 2200. The number of benzene rings is 3. The van der Waals surface area contributed by atoms with Crippen LogP contribution in [0.1, 0.15) is 63.4 Å². The Morgan fingerprint density at radius 2 is 0.897 bits per heavy atom. The average molecular weight is 783 g/mol. The van der Waals surface area contributed by atoms with Gasteiger partial charge in [0.15, 0.2) is 30.6 Å². The molecule has 58 heavy (non-hydrogen) atoms. The SMILES string of the molecule is O=C(O)CCCCC[n+]1ccc(-c2ccc(-c3nc(-c4cccc(F)c4)nc(-c4ccc(-c5cc[n+](CCCCCC(=O)O)cc5)cc4)c3CCC(=O)O)cc2)cc1. The predicted octanol–water partition coefficient (Wildman–Crippen LogP) is 8.83. The summed E-state index contributed by atoms with van der Waals surface area (Å²) in [5.74, 6) is -2.58. The molecule has 0 aliphatic carbocycles. The molecule has 3 aromatic heterocycles. The smallest absolute Gasteiger partial charge is 0.303 e. The molecule has 10 nitrogen and oxygen atoms in total. The van der Waals surface area contributed by atoms with E-state index in [0.717, 1.165) is 72.2 Å². The summed E-state index contributed by atoms with van der Waals surface area (Å²) < 4.78 is 18.7. The summed E-state index contributed by atoms with van der Waals surface area (Å²) in [5, 5.41) is 27.5. The summed E-state index contributed by atoms with van der Waals surface area (Å²) in [5.41, 5.74) is 7.88. The third kappa shape index (κ3) is 11.5. The molecule has 3 aromatic carbocycles. The summed E-state index contributed by atoms with van der Waals surface area (Å²) in [6.45, 7) is 1.60. The van der Waals surface area contributed by atoms with E-state index in [2.05, 4.69) is 9.13 Å². The third-order valence-electron chi connectivity index (χ3n) is 10.1. The summed E-state index contributed by atoms with van der Waals surface area (Å²) >= 11 is 0. The molecule has 0 unspecified atom stereocenters. The zero-order chi connectivity index (χ0) is 40.9. The zero-order valence-corrected chi connectivity index (χ0v) is 32.3. The van der Waals surface area contributed by atoms with Crippen molar-refractivity contribution in [3.8, 4) is 56.2 Å². The zero-order valence-electron chi connectivity index (χ0n) is 32.3. The molecule has 6 aromatic rings. The van der Waals surface area contributed by atoms with Crippen LogP contribution in [0.3, 0.4) is 0 Å². The maximum Gasteiger partial charge on any atom is 0.303 e. The number of carboxylic acid groups (broad SMARTS) is 3. The lowest BCUT2D eigenvalue weighted by Crippen LogP contribution is -2.32. The molecular weight excluding hydrogens is 736 g/mol. The summed E-state index contributed by atoms with van der Waals surface area (Å²) in [6, 6.07) is 30.2. The van der Waals surface area contributed by atoms with Crippen LogP contribution in [0, 0.1) is 5.82 Å². The highest BCUT2D eigenvalue weighted by Gasteiger charge is 2.20. The van der Waals surface area contributed by atoms with Gasteiger partial charge in [0, 0.05) is 78.6 Å². The lowest BCUT2D eigenvalue weighted by molar-refractivity contribution is -0.697. The topological polar surface area (TPSA) is 145 Å². The van der Waals surface area contributed by atoms with Crippen LogP contribution in [0.2, 0.25) is 0 Å². The van der Waals surface area contributed by atoms with Crippen LogP contribution in [0.25, 0.3) is 56.2 Å². The van der Waals surface area contributed by atoms with Crippen molar-refractivity contribution < 1.29 is 43.2 Å². The van der Waals surface area contributed by atoms with Crippen molar-refractivity contribution in [2.24, 2.45) is 0 Å². The second-order valence-corrected chi connectivity index (χ2v) is 14.3. The van der Waals surface area contributed by atoms with Crippen molar-refractivity contribution in [3.05, 3.63) is 133 Å². The van der Waals surface area contributed by atoms with Crippen LogP contribution < -0.4 is 9.13 Å². The molecule has 0 atom stereocenters. The van der Waals surface area contributed by atoms with Gasteiger partial charge in [0.05, 0.1) is 11.4 Å². The van der Waals surface area contributed by atoms with Crippen molar-refractivity contribution in [1.82, 2.24) is 9.97 Å². The van der Waals surface area contributed by atoms with Gasteiger partial charge in [0.2, 0.25) is 0 Å². The van der Waals surface area contributed by atoms with E-state index < -0.39 is 23.7 Å². The summed E-state index contributed by atoms with van der Waals surface area (Å²) in [7, 11) is 0. The number of aryl methyl sites for hydroxylation is 2. The number of halogens is 1. The Morgan fingerprint density at radius 1 is 0.483 bits per heavy atom. The van der Waals surface area contributed by atoms with Gasteiger partial charge in [-0.3, -0.25) is 14.4 Å². The van der Waals surface area contributed by atoms with E-state index in [9.17, 15) is 23.9 Å². The maximum absolute atomic E-state index is 14.5. The number of rotatable bonds is 20. The third-order valence-corrected chi connectivity index (χ3v) is 10.1. The first-order valence-electron chi connectivity index (χ1n) is 19.6. The number of carbonyl (C=O) groups is 3. The highest BCUT2D eigenvalue weighted by atomic mass is 19.1. The van der Waals surface area contributed by atoms with Crippen LogP contribution in [0.15, 0.2) is 122 Å². The van der Waals surface area contributed by atoms with Crippen molar-refractivity contribution in [2.75, 3.05) is 0 Å². The molecule has 6 rings (SSSR count). The van der Waals surface area contributed by atoms with E-state index in [1.54, 1.807) is 12.1 Å². The van der Waals surface area contributed by atoms with Gasteiger partial charge >= 0.3 is 17.9 Å². The summed E-state index contributed by atoms with van der Waals surface area (Å²) in [4.78, 5) is 43.4. The second kappa shape index (κ2) is 20.0. The van der Waals surface area contributed by atoms with E-state index in [0.29, 0.717) is 41.2 Å². The Morgan fingerprint density at radius 3 is 1.31 bits per heavy atom. The number of hydrogen-bond acceptors (Lipinski definition) is 5. The van der Waals surface area contributed by atoms with Gasteiger partial charge in [0.25, 0.3) is 0 Å². The molecule has 0 saturated heterocycles. The Labute approximate surface area is 337 Å². The van der Waals surface area contributed by atoms with Crippen molar-refractivity contribution >= 4 is 17.9 Å². The van der Waals surface area contributed by atoms with Gasteiger partial charge < -0.3 is 15.3 Å². The molecule has 0 aliphatic rings. The molecule has 296 valence electrons. The number of aliphatic carboxylic acids is 3. The molecule has 0 radical (unpaired) electrons. The highest BCUT2D eigenvalue weighted by Crippen LogP contribution is 2.35. The van der Waals surface area contributed by atoms with Crippen LogP contribution >= 0.6 is 0 Å². The maximum atomic E-state index is 14.5. The molecule has 3 N–H and O–H groups in total. The minimum absolute atomic E-state index is 0.133. The number of hydrogen-bond donors (Lipinski definition) is 3. The average Bonchev–Trinajstić information content (AvgIpc) is 3.23. The van der Waals surface area contributed by atoms with E-state index in [4.69, 9.17) is 20.2 Å². The molecule has 0 saturated carbocycles. The molecule has 0 fully saturated rings. The Balaban J connectivity index is 1.29. The van der Waals surface area contributed by atoms with Gasteiger partial charge in [-0.1, -0.05) is 60.7 Å². The highest BCUT2D eigenvalue weighted by molar-refractivity contribution is 5.80.